The topological polar surface area (TPSA) is 127 Å². The van der Waals surface area contributed by atoms with Crippen LogP contribution in [-0.2, 0) is 9.63 Å². The van der Waals surface area contributed by atoms with Gasteiger partial charge in [0.15, 0.2) is 6.61 Å². The Balaban J connectivity index is 2.50. The van der Waals surface area contributed by atoms with Gasteiger partial charge in [-0.2, -0.15) is 0 Å². The second-order valence-corrected chi connectivity index (χ2v) is 2.31. The molecule has 1 rings (SSSR count). The number of nitro groups is 1. The number of nitrogens with zero attached hydrogens (tertiary/aromatic N) is 3. The van der Waals surface area contributed by atoms with Gasteiger partial charge in [-0.1, -0.05) is 0 Å². The maximum Gasteiger partial charge on any atom is 0.332 e. The lowest BCUT2D eigenvalue weighted by Crippen LogP contribution is -2.12. The SMILES string of the molecule is O=C(O)CONc1ncc([N+](=O)[O-])cn1. The first-order chi connectivity index (χ1) is 7.09. The zero-order valence-corrected chi connectivity index (χ0v) is 7.28. The average molecular weight is 214 g/mol. The quantitative estimate of drug-likeness (QED) is 0.510. The Hall–Kier alpha value is -2.29. The Labute approximate surface area is 82.8 Å². The van der Waals surface area contributed by atoms with E-state index in [0.29, 0.717) is 0 Å². The molecule has 0 aliphatic carbocycles. The molecule has 0 fully saturated rings. The van der Waals surface area contributed by atoms with Crippen LogP contribution < -0.4 is 5.48 Å². The van der Waals surface area contributed by atoms with Crippen LogP contribution in [0.5, 0.6) is 0 Å². The van der Waals surface area contributed by atoms with E-state index in [2.05, 4.69) is 20.3 Å². The smallest absolute Gasteiger partial charge is 0.332 e. The number of carbonyl (C=O) groups is 1. The summed E-state index contributed by atoms with van der Waals surface area (Å²) in [7, 11) is 0. The zero-order chi connectivity index (χ0) is 11.3. The lowest BCUT2D eigenvalue weighted by molar-refractivity contribution is -0.385. The lowest BCUT2D eigenvalue weighted by atomic mass is 10.6. The molecule has 80 valence electrons. The molecule has 1 aromatic rings. The number of aromatic nitrogens is 2. The molecule has 0 amide bonds. The lowest BCUT2D eigenvalue weighted by Gasteiger charge is -2.01. The van der Waals surface area contributed by atoms with Crippen molar-refractivity contribution in [1.82, 2.24) is 9.97 Å². The summed E-state index contributed by atoms with van der Waals surface area (Å²) in [6.07, 6.45) is 1.94. The van der Waals surface area contributed by atoms with Crippen molar-refractivity contribution in [1.29, 1.82) is 0 Å². The third-order valence-corrected chi connectivity index (χ3v) is 1.21. The number of anilines is 1. The molecular weight excluding hydrogens is 208 g/mol. The first-order valence-corrected chi connectivity index (χ1v) is 3.65. The fourth-order valence-corrected chi connectivity index (χ4v) is 0.631. The van der Waals surface area contributed by atoms with Crippen LogP contribution in [0.4, 0.5) is 11.6 Å². The van der Waals surface area contributed by atoms with E-state index in [1.807, 2.05) is 0 Å². The predicted molar refractivity (Wildman–Crippen MR) is 45.9 cm³/mol. The maximum absolute atomic E-state index is 10.2. The molecular formula is C6H6N4O5. The summed E-state index contributed by atoms with van der Waals surface area (Å²) in [5.41, 5.74) is 1.85. The molecule has 0 bridgehead atoms. The van der Waals surface area contributed by atoms with Crippen LogP contribution in [-0.4, -0.2) is 32.6 Å². The maximum atomic E-state index is 10.2. The van der Waals surface area contributed by atoms with Gasteiger partial charge in [0.05, 0.1) is 4.92 Å². The van der Waals surface area contributed by atoms with E-state index >= 15 is 0 Å². The number of carboxylic acids is 1. The molecule has 9 nitrogen and oxygen atoms in total. The van der Waals surface area contributed by atoms with Crippen molar-refractivity contribution in [2.75, 3.05) is 12.1 Å². The van der Waals surface area contributed by atoms with Gasteiger partial charge >= 0.3 is 11.7 Å². The predicted octanol–water partition coefficient (Wildman–Crippen LogP) is -0.187. The standard InChI is InChI=1S/C6H6N4O5/c11-5(12)3-15-9-6-7-1-4(2-8-6)10(13)14/h1-2H,3H2,(H,11,12)(H,7,8,9). The first-order valence-electron chi connectivity index (χ1n) is 3.65. The minimum absolute atomic E-state index is 0.0538. The van der Waals surface area contributed by atoms with Crippen LogP contribution in [0.25, 0.3) is 0 Å². The molecule has 0 spiro atoms. The highest BCUT2D eigenvalue weighted by atomic mass is 16.7. The van der Waals surface area contributed by atoms with Gasteiger partial charge in [-0.15, -0.1) is 0 Å². The largest absolute Gasteiger partial charge is 0.479 e. The van der Waals surface area contributed by atoms with Crippen LogP contribution in [0, 0.1) is 10.1 Å². The zero-order valence-electron chi connectivity index (χ0n) is 7.28. The average Bonchev–Trinajstić information content (AvgIpc) is 2.18. The number of nitrogens with one attached hydrogen (secondary N) is 1. The summed E-state index contributed by atoms with van der Waals surface area (Å²) in [5.74, 6) is -1.22. The molecule has 0 saturated heterocycles. The summed E-state index contributed by atoms with van der Waals surface area (Å²) in [4.78, 5) is 31.1. The molecule has 9 heteroatoms. The number of rotatable bonds is 5. The molecule has 0 radical (unpaired) electrons. The van der Waals surface area contributed by atoms with E-state index < -0.39 is 17.5 Å². The first kappa shape index (κ1) is 10.8. The van der Waals surface area contributed by atoms with E-state index in [0.717, 1.165) is 12.4 Å². The molecule has 0 unspecified atom stereocenters. The third-order valence-electron chi connectivity index (χ3n) is 1.21. The second kappa shape index (κ2) is 4.81. The molecule has 0 aliphatic heterocycles. The van der Waals surface area contributed by atoms with Crippen LogP contribution in [0.3, 0.4) is 0 Å². The van der Waals surface area contributed by atoms with Gasteiger partial charge in [0.1, 0.15) is 12.4 Å². The fraction of sp³-hybridized carbons (Fsp3) is 0.167. The Bertz CT molecular complexity index is 364. The molecule has 15 heavy (non-hydrogen) atoms. The minimum atomic E-state index is -1.16. The molecule has 1 aromatic heterocycles. The van der Waals surface area contributed by atoms with E-state index in [-0.39, 0.29) is 11.6 Å². The number of hydrogen-bond acceptors (Lipinski definition) is 7. The minimum Gasteiger partial charge on any atom is -0.479 e. The molecule has 0 aliphatic rings. The van der Waals surface area contributed by atoms with Crippen molar-refractivity contribution in [3.05, 3.63) is 22.5 Å². The highest BCUT2D eigenvalue weighted by molar-refractivity contribution is 5.68. The van der Waals surface area contributed by atoms with E-state index in [1.165, 1.54) is 0 Å². The van der Waals surface area contributed by atoms with Crippen molar-refractivity contribution in [3.63, 3.8) is 0 Å². The summed E-state index contributed by atoms with van der Waals surface area (Å²) in [6.45, 7) is -0.569. The molecule has 0 aromatic carbocycles. The monoisotopic (exact) mass is 214 g/mol. The van der Waals surface area contributed by atoms with Crippen LogP contribution in [0.15, 0.2) is 12.4 Å². The van der Waals surface area contributed by atoms with Gasteiger partial charge in [-0.3, -0.25) is 15.0 Å². The number of aliphatic carboxylic acids is 1. The second-order valence-electron chi connectivity index (χ2n) is 2.31. The van der Waals surface area contributed by atoms with E-state index in [1.54, 1.807) is 0 Å². The Morgan fingerprint density at radius 3 is 2.67 bits per heavy atom. The van der Waals surface area contributed by atoms with Crippen LogP contribution in [0.2, 0.25) is 0 Å². The highest BCUT2D eigenvalue weighted by Gasteiger charge is 2.06. The number of hydrogen-bond donors (Lipinski definition) is 2. The van der Waals surface area contributed by atoms with Gasteiger partial charge in [-0.05, 0) is 0 Å². The Morgan fingerprint density at radius 1 is 1.60 bits per heavy atom. The molecule has 0 saturated carbocycles. The van der Waals surface area contributed by atoms with E-state index in [4.69, 9.17) is 5.11 Å². The highest BCUT2D eigenvalue weighted by Crippen LogP contribution is 2.07. The molecule has 2 N–H and O–H groups in total. The van der Waals surface area contributed by atoms with Gasteiger partial charge in [0, 0.05) is 0 Å². The number of carboxylic acid groups (broad SMARTS) is 1. The van der Waals surface area contributed by atoms with Crippen LogP contribution >= 0.6 is 0 Å². The Kier molecular flexibility index (Phi) is 3.46. The van der Waals surface area contributed by atoms with Crippen molar-refractivity contribution in [2.45, 2.75) is 0 Å². The van der Waals surface area contributed by atoms with Crippen molar-refractivity contribution in [2.24, 2.45) is 0 Å². The fourth-order valence-electron chi connectivity index (χ4n) is 0.631. The molecule has 0 atom stereocenters. The summed E-state index contributed by atoms with van der Waals surface area (Å²) in [5, 5.41) is 18.4. The summed E-state index contributed by atoms with van der Waals surface area (Å²) >= 11 is 0. The van der Waals surface area contributed by atoms with Crippen LogP contribution in [0.1, 0.15) is 0 Å². The summed E-state index contributed by atoms with van der Waals surface area (Å²) < 4.78 is 0. The van der Waals surface area contributed by atoms with Crippen molar-refractivity contribution in [3.8, 4) is 0 Å². The van der Waals surface area contributed by atoms with Gasteiger partial charge < -0.3 is 5.11 Å². The normalized spacial score (nSPS) is 9.60. The van der Waals surface area contributed by atoms with E-state index in [9.17, 15) is 14.9 Å². The van der Waals surface area contributed by atoms with Gasteiger partial charge in [-0.25, -0.2) is 20.2 Å². The summed E-state index contributed by atoms with van der Waals surface area (Å²) in [6, 6.07) is 0. The van der Waals surface area contributed by atoms with Gasteiger partial charge in [0.2, 0.25) is 5.95 Å². The molecule has 1 heterocycles. The third kappa shape index (κ3) is 3.52. The van der Waals surface area contributed by atoms with Crippen molar-refractivity contribution < 1.29 is 19.7 Å². The van der Waals surface area contributed by atoms with Crippen molar-refractivity contribution >= 4 is 17.6 Å². The van der Waals surface area contributed by atoms with Gasteiger partial charge in [0.25, 0.3) is 0 Å². The Morgan fingerprint density at radius 2 is 2.20 bits per heavy atom.